The summed E-state index contributed by atoms with van der Waals surface area (Å²) >= 11 is 0. The largest absolute Gasteiger partial charge is 0.478 e. The Kier molecular flexibility index (Phi) is 3.30. The molecule has 2 aliphatic rings. The molecule has 1 amide bonds. The molecule has 1 aliphatic carbocycles. The summed E-state index contributed by atoms with van der Waals surface area (Å²) in [5, 5.41) is 8.99. The number of nitrogens with zero attached hydrogens (tertiary/aromatic N) is 3. The highest BCUT2D eigenvalue weighted by atomic mass is 16.4. The molecule has 0 atom stereocenters. The number of amides is 1. The molecule has 1 saturated carbocycles. The molecule has 1 saturated heterocycles. The highest BCUT2D eigenvalue weighted by Gasteiger charge is 2.34. The van der Waals surface area contributed by atoms with Gasteiger partial charge in [-0.2, -0.15) is 0 Å². The second kappa shape index (κ2) is 5.11. The molecule has 1 aromatic rings. The first-order chi connectivity index (χ1) is 9.65. The van der Waals surface area contributed by atoms with Gasteiger partial charge in [0.1, 0.15) is 5.82 Å². The Morgan fingerprint density at radius 3 is 2.50 bits per heavy atom. The number of anilines is 1. The third-order valence-electron chi connectivity index (χ3n) is 3.83. The summed E-state index contributed by atoms with van der Waals surface area (Å²) < 4.78 is 0. The molecule has 1 N–H and O–H groups in total. The van der Waals surface area contributed by atoms with Gasteiger partial charge in [0.25, 0.3) is 0 Å². The van der Waals surface area contributed by atoms with Gasteiger partial charge in [-0.25, -0.2) is 9.78 Å². The Morgan fingerprint density at radius 1 is 1.20 bits per heavy atom. The molecule has 0 radical (unpaired) electrons. The second-order valence-corrected chi connectivity index (χ2v) is 5.29. The third kappa shape index (κ3) is 2.59. The van der Waals surface area contributed by atoms with E-state index in [-0.39, 0.29) is 17.4 Å². The van der Waals surface area contributed by atoms with Crippen LogP contribution in [0.25, 0.3) is 0 Å². The molecule has 0 spiro atoms. The molecular weight excluding hydrogens is 258 g/mol. The van der Waals surface area contributed by atoms with Gasteiger partial charge in [-0.05, 0) is 25.0 Å². The van der Waals surface area contributed by atoms with Crippen molar-refractivity contribution in [3.05, 3.63) is 23.9 Å². The molecule has 6 heteroatoms. The van der Waals surface area contributed by atoms with E-state index >= 15 is 0 Å². The van der Waals surface area contributed by atoms with E-state index < -0.39 is 5.97 Å². The standard InChI is InChI=1S/C14H17N3O3/c18-13(10-1-2-10)17-7-5-16(6-8-17)12-9-11(14(19)20)3-4-15-12/h3-4,9-10H,1-2,5-8H2,(H,19,20). The minimum Gasteiger partial charge on any atom is -0.478 e. The summed E-state index contributed by atoms with van der Waals surface area (Å²) in [5.74, 6) is 0.256. The summed E-state index contributed by atoms with van der Waals surface area (Å²) in [6.45, 7) is 2.78. The Bertz CT molecular complexity index is 534. The molecule has 3 rings (SSSR count). The average Bonchev–Trinajstić information content (AvgIpc) is 3.31. The summed E-state index contributed by atoms with van der Waals surface area (Å²) in [6.07, 6.45) is 3.57. The summed E-state index contributed by atoms with van der Waals surface area (Å²) in [5.41, 5.74) is 0.242. The fourth-order valence-corrected chi connectivity index (χ4v) is 2.47. The maximum Gasteiger partial charge on any atom is 0.335 e. The van der Waals surface area contributed by atoms with Gasteiger partial charge in [-0.1, -0.05) is 0 Å². The zero-order valence-corrected chi connectivity index (χ0v) is 11.2. The number of hydrogen-bond acceptors (Lipinski definition) is 4. The SMILES string of the molecule is O=C(O)c1ccnc(N2CCN(C(=O)C3CC3)CC2)c1. The number of carboxylic acid groups (broad SMARTS) is 1. The highest BCUT2D eigenvalue weighted by molar-refractivity contribution is 5.88. The van der Waals surface area contributed by atoms with E-state index in [0.717, 1.165) is 12.8 Å². The van der Waals surface area contributed by atoms with Crippen LogP contribution < -0.4 is 4.90 Å². The van der Waals surface area contributed by atoms with E-state index in [1.54, 1.807) is 6.07 Å². The highest BCUT2D eigenvalue weighted by Crippen LogP contribution is 2.31. The molecular formula is C14H17N3O3. The lowest BCUT2D eigenvalue weighted by atomic mass is 10.2. The number of carbonyl (C=O) groups is 2. The van der Waals surface area contributed by atoms with Crippen molar-refractivity contribution in [1.82, 2.24) is 9.88 Å². The van der Waals surface area contributed by atoms with Crippen LogP contribution in [-0.4, -0.2) is 53.0 Å². The minimum absolute atomic E-state index is 0.242. The van der Waals surface area contributed by atoms with Crippen molar-refractivity contribution in [3.8, 4) is 0 Å². The second-order valence-electron chi connectivity index (χ2n) is 5.29. The lowest BCUT2D eigenvalue weighted by Gasteiger charge is -2.35. The van der Waals surface area contributed by atoms with Crippen LogP contribution in [0.5, 0.6) is 0 Å². The van der Waals surface area contributed by atoms with E-state index in [2.05, 4.69) is 4.98 Å². The van der Waals surface area contributed by atoms with Crippen LogP contribution in [0.2, 0.25) is 0 Å². The maximum absolute atomic E-state index is 12.0. The number of aromatic carboxylic acids is 1. The zero-order valence-electron chi connectivity index (χ0n) is 11.2. The number of hydrogen-bond donors (Lipinski definition) is 1. The summed E-state index contributed by atoms with van der Waals surface area (Å²) in [6, 6.07) is 3.07. The van der Waals surface area contributed by atoms with Crippen LogP contribution in [0.4, 0.5) is 5.82 Å². The lowest BCUT2D eigenvalue weighted by molar-refractivity contribution is -0.132. The van der Waals surface area contributed by atoms with Crippen LogP contribution in [0.1, 0.15) is 23.2 Å². The van der Waals surface area contributed by atoms with E-state index in [9.17, 15) is 9.59 Å². The third-order valence-corrected chi connectivity index (χ3v) is 3.83. The van der Waals surface area contributed by atoms with Gasteiger partial charge >= 0.3 is 5.97 Å². The van der Waals surface area contributed by atoms with Crippen molar-refractivity contribution >= 4 is 17.7 Å². The molecule has 0 unspecified atom stereocenters. The minimum atomic E-state index is -0.948. The molecule has 0 aromatic carbocycles. The van der Waals surface area contributed by atoms with Crippen LogP contribution in [-0.2, 0) is 4.79 Å². The van der Waals surface area contributed by atoms with Gasteiger partial charge in [-0.15, -0.1) is 0 Å². The molecule has 106 valence electrons. The molecule has 2 heterocycles. The first kappa shape index (κ1) is 12.9. The fraction of sp³-hybridized carbons (Fsp3) is 0.500. The molecule has 2 fully saturated rings. The van der Waals surface area contributed by atoms with Crippen molar-refractivity contribution in [2.24, 2.45) is 5.92 Å². The first-order valence-electron chi connectivity index (χ1n) is 6.88. The number of carboxylic acids is 1. The molecule has 20 heavy (non-hydrogen) atoms. The summed E-state index contributed by atoms with van der Waals surface area (Å²) in [7, 11) is 0. The molecule has 0 bridgehead atoms. The topological polar surface area (TPSA) is 73.7 Å². The first-order valence-corrected chi connectivity index (χ1v) is 6.88. The van der Waals surface area contributed by atoms with Crippen molar-refractivity contribution in [3.63, 3.8) is 0 Å². The van der Waals surface area contributed by atoms with Crippen molar-refractivity contribution in [2.75, 3.05) is 31.1 Å². The quantitative estimate of drug-likeness (QED) is 0.884. The van der Waals surface area contributed by atoms with Gasteiger partial charge in [-0.3, -0.25) is 4.79 Å². The molecule has 6 nitrogen and oxygen atoms in total. The monoisotopic (exact) mass is 275 g/mol. The Hall–Kier alpha value is -2.11. The predicted octanol–water partition coefficient (Wildman–Crippen LogP) is 0.838. The Morgan fingerprint density at radius 2 is 1.90 bits per heavy atom. The lowest BCUT2D eigenvalue weighted by Crippen LogP contribution is -2.49. The number of carbonyl (C=O) groups excluding carboxylic acids is 1. The molecule has 1 aliphatic heterocycles. The van der Waals surface area contributed by atoms with Crippen LogP contribution in [0, 0.1) is 5.92 Å². The van der Waals surface area contributed by atoms with Gasteiger partial charge in [0.05, 0.1) is 5.56 Å². The van der Waals surface area contributed by atoms with Gasteiger partial charge in [0.15, 0.2) is 0 Å². The smallest absolute Gasteiger partial charge is 0.335 e. The predicted molar refractivity (Wildman–Crippen MR) is 72.7 cm³/mol. The van der Waals surface area contributed by atoms with Crippen molar-refractivity contribution in [2.45, 2.75) is 12.8 Å². The van der Waals surface area contributed by atoms with E-state index in [4.69, 9.17) is 5.11 Å². The van der Waals surface area contributed by atoms with Crippen LogP contribution >= 0.6 is 0 Å². The van der Waals surface area contributed by atoms with E-state index in [1.807, 2.05) is 9.80 Å². The summed E-state index contributed by atoms with van der Waals surface area (Å²) in [4.78, 5) is 31.1. The average molecular weight is 275 g/mol. The van der Waals surface area contributed by atoms with Gasteiger partial charge in [0, 0.05) is 38.3 Å². The van der Waals surface area contributed by atoms with Crippen molar-refractivity contribution < 1.29 is 14.7 Å². The number of piperazine rings is 1. The van der Waals surface area contributed by atoms with Crippen molar-refractivity contribution in [1.29, 1.82) is 0 Å². The normalized spacial score (nSPS) is 19.0. The Balaban J connectivity index is 1.64. The maximum atomic E-state index is 12.0. The van der Waals surface area contributed by atoms with Crippen LogP contribution in [0.15, 0.2) is 18.3 Å². The van der Waals surface area contributed by atoms with Gasteiger partial charge < -0.3 is 14.9 Å². The Labute approximate surface area is 117 Å². The fourth-order valence-electron chi connectivity index (χ4n) is 2.47. The van der Waals surface area contributed by atoms with E-state index in [0.29, 0.717) is 32.0 Å². The van der Waals surface area contributed by atoms with Crippen LogP contribution in [0.3, 0.4) is 0 Å². The number of pyridine rings is 1. The number of aromatic nitrogens is 1. The molecule has 1 aromatic heterocycles. The zero-order chi connectivity index (χ0) is 14.1. The number of rotatable bonds is 3. The van der Waals surface area contributed by atoms with E-state index in [1.165, 1.54) is 12.3 Å². The van der Waals surface area contributed by atoms with Gasteiger partial charge in [0.2, 0.25) is 5.91 Å².